The molecule has 1 atom stereocenters. The van der Waals surface area contributed by atoms with Gasteiger partial charge in [-0.05, 0) is 35.4 Å². The van der Waals surface area contributed by atoms with E-state index < -0.39 is 29.6 Å². The highest BCUT2D eigenvalue weighted by atomic mass is 19.2. The number of nitrogens with one attached hydrogen (secondary N) is 1. The van der Waals surface area contributed by atoms with Crippen molar-refractivity contribution in [2.45, 2.75) is 18.9 Å². The Kier molecular flexibility index (Phi) is 6.66. The molecule has 5 nitrogen and oxygen atoms in total. The van der Waals surface area contributed by atoms with Crippen LogP contribution >= 0.6 is 0 Å². The molecule has 0 fully saturated rings. The quantitative estimate of drug-likeness (QED) is 0.768. The molecule has 0 aromatic heterocycles. The lowest BCUT2D eigenvalue weighted by atomic mass is 10.0. The van der Waals surface area contributed by atoms with Gasteiger partial charge in [-0.15, -0.1) is 0 Å². The van der Waals surface area contributed by atoms with Crippen molar-refractivity contribution in [2.75, 3.05) is 14.2 Å². The fourth-order valence-electron chi connectivity index (χ4n) is 2.45. The first kappa shape index (κ1) is 19.4. The maximum atomic E-state index is 13.2. The van der Waals surface area contributed by atoms with Crippen LogP contribution in [0.4, 0.5) is 8.78 Å². The predicted octanol–water partition coefficient (Wildman–Crippen LogP) is 2.42. The second-order valence-electron chi connectivity index (χ2n) is 5.62. The van der Waals surface area contributed by atoms with Crippen LogP contribution in [0.1, 0.15) is 11.1 Å². The Balaban J connectivity index is 2.07. The summed E-state index contributed by atoms with van der Waals surface area (Å²) < 4.78 is 36.1. The number of hydrogen-bond donors (Lipinski definition) is 1. The molecule has 0 saturated carbocycles. The number of carbonyl (C=O) groups excluding carboxylic acids is 2. The second-order valence-corrected chi connectivity index (χ2v) is 5.62. The van der Waals surface area contributed by atoms with Crippen LogP contribution in [0.15, 0.2) is 42.5 Å². The fourth-order valence-corrected chi connectivity index (χ4v) is 2.45. The van der Waals surface area contributed by atoms with Crippen LogP contribution in [0.3, 0.4) is 0 Å². The fraction of sp³-hybridized carbons (Fsp3) is 0.263. The molecule has 1 N–H and O–H groups in total. The van der Waals surface area contributed by atoms with Crippen molar-refractivity contribution in [3.8, 4) is 5.75 Å². The molecule has 1 amide bonds. The van der Waals surface area contributed by atoms with Gasteiger partial charge in [-0.1, -0.05) is 18.2 Å². The highest BCUT2D eigenvalue weighted by molar-refractivity contribution is 5.85. The van der Waals surface area contributed by atoms with Crippen molar-refractivity contribution in [1.29, 1.82) is 0 Å². The Morgan fingerprint density at radius 3 is 2.46 bits per heavy atom. The molecule has 0 heterocycles. The topological polar surface area (TPSA) is 64.6 Å². The lowest BCUT2D eigenvalue weighted by Gasteiger charge is -2.17. The Morgan fingerprint density at radius 2 is 1.81 bits per heavy atom. The van der Waals surface area contributed by atoms with Gasteiger partial charge in [-0.25, -0.2) is 13.6 Å². The van der Waals surface area contributed by atoms with E-state index in [0.29, 0.717) is 11.3 Å². The number of halogens is 2. The van der Waals surface area contributed by atoms with Gasteiger partial charge in [0.15, 0.2) is 11.6 Å². The normalized spacial score (nSPS) is 11.5. The van der Waals surface area contributed by atoms with Crippen LogP contribution < -0.4 is 10.1 Å². The summed E-state index contributed by atoms with van der Waals surface area (Å²) in [6.07, 6.45) is 0.0101. The van der Waals surface area contributed by atoms with E-state index in [4.69, 9.17) is 9.47 Å². The highest BCUT2D eigenvalue weighted by Gasteiger charge is 2.22. The zero-order valence-corrected chi connectivity index (χ0v) is 14.4. The zero-order valence-electron chi connectivity index (χ0n) is 14.4. The molecule has 0 spiro atoms. The molecule has 2 aromatic rings. The van der Waals surface area contributed by atoms with Gasteiger partial charge in [0.25, 0.3) is 0 Å². The molecule has 2 rings (SSSR count). The summed E-state index contributed by atoms with van der Waals surface area (Å²) in [4.78, 5) is 24.2. The van der Waals surface area contributed by atoms with Gasteiger partial charge in [-0.2, -0.15) is 0 Å². The molecule has 0 aliphatic rings. The van der Waals surface area contributed by atoms with Gasteiger partial charge < -0.3 is 14.8 Å². The summed E-state index contributed by atoms with van der Waals surface area (Å²) in [5.74, 6) is -2.50. The van der Waals surface area contributed by atoms with E-state index >= 15 is 0 Å². The van der Waals surface area contributed by atoms with Crippen LogP contribution in [0.2, 0.25) is 0 Å². The minimum atomic E-state index is -1.03. The van der Waals surface area contributed by atoms with Crippen LogP contribution in [0, 0.1) is 11.6 Å². The van der Waals surface area contributed by atoms with Crippen LogP contribution in [0.5, 0.6) is 5.75 Å². The molecule has 0 aliphatic heterocycles. The maximum absolute atomic E-state index is 13.2. The molecule has 0 aliphatic carbocycles. The molecule has 7 heteroatoms. The van der Waals surface area contributed by atoms with Crippen molar-refractivity contribution >= 4 is 11.9 Å². The van der Waals surface area contributed by atoms with Gasteiger partial charge in [0.1, 0.15) is 11.8 Å². The summed E-state index contributed by atoms with van der Waals surface area (Å²) >= 11 is 0. The van der Waals surface area contributed by atoms with Crippen molar-refractivity contribution < 1.29 is 27.8 Å². The Labute approximate surface area is 149 Å². The minimum Gasteiger partial charge on any atom is -0.497 e. The Morgan fingerprint density at radius 1 is 1.04 bits per heavy atom. The number of ether oxygens (including phenoxy) is 2. The van der Waals surface area contributed by atoms with E-state index in [1.807, 2.05) is 0 Å². The largest absolute Gasteiger partial charge is 0.497 e. The van der Waals surface area contributed by atoms with Gasteiger partial charge in [-0.3, -0.25) is 4.79 Å². The average molecular weight is 363 g/mol. The summed E-state index contributed by atoms with van der Waals surface area (Å²) in [6.45, 7) is 0. The maximum Gasteiger partial charge on any atom is 0.328 e. The molecule has 26 heavy (non-hydrogen) atoms. The van der Waals surface area contributed by atoms with E-state index in [-0.39, 0.29) is 12.8 Å². The molecule has 0 bridgehead atoms. The van der Waals surface area contributed by atoms with Crippen LogP contribution in [-0.2, 0) is 27.2 Å². The second kappa shape index (κ2) is 8.94. The summed E-state index contributed by atoms with van der Waals surface area (Å²) in [6, 6.07) is 9.37. The number of esters is 1. The van der Waals surface area contributed by atoms with Gasteiger partial charge >= 0.3 is 5.97 Å². The van der Waals surface area contributed by atoms with Crippen molar-refractivity contribution in [2.24, 2.45) is 0 Å². The standard InChI is InChI=1S/C19H19F2NO4/c1-25-14-5-3-4-12(8-14)10-17(19(24)26-2)22-18(23)11-13-6-7-15(20)16(21)9-13/h3-9,17H,10-11H2,1-2H3,(H,22,23)/t17-/m0/s1. The smallest absolute Gasteiger partial charge is 0.328 e. The predicted molar refractivity (Wildman–Crippen MR) is 90.7 cm³/mol. The summed E-state index contributed by atoms with van der Waals surface area (Å²) in [5.41, 5.74) is 1.07. The minimum absolute atomic E-state index is 0.192. The van der Waals surface area contributed by atoms with Gasteiger partial charge in [0.2, 0.25) is 5.91 Å². The van der Waals surface area contributed by atoms with Crippen molar-refractivity contribution in [3.05, 3.63) is 65.2 Å². The lowest BCUT2D eigenvalue weighted by Crippen LogP contribution is -2.43. The number of benzene rings is 2. The third kappa shape index (κ3) is 5.27. The summed E-state index contributed by atoms with van der Waals surface area (Å²) in [7, 11) is 2.75. The van der Waals surface area contributed by atoms with E-state index in [2.05, 4.69) is 5.32 Å². The van der Waals surface area contributed by atoms with Crippen molar-refractivity contribution in [3.63, 3.8) is 0 Å². The average Bonchev–Trinajstić information content (AvgIpc) is 2.63. The lowest BCUT2D eigenvalue weighted by molar-refractivity contribution is -0.145. The molecule has 0 unspecified atom stereocenters. The third-order valence-electron chi connectivity index (χ3n) is 3.74. The van der Waals surface area contributed by atoms with E-state index in [1.54, 1.807) is 24.3 Å². The highest BCUT2D eigenvalue weighted by Crippen LogP contribution is 2.15. The number of rotatable bonds is 7. The first-order valence-electron chi connectivity index (χ1n) is 7.87. The van der Waals surface area contributed by atoms with Gasteiger partial charge in [0.05, 0.1) is 20.6 Å². The molecule has 0 saturated heterocycles. The van der Waals surface area contributed by atoms with E-state index in [1.165, 1.54) is 20.3 Å². The molecular weight excluding hydrogens is 344 g/mol. The molecular formula is C19H19F2NO4. The van der Waals surface area contributed by atoms with Crippen LogP contribution in [0.25, 0.3) is 0 Å². The van der Waals surface area contributed by atoms with Gasteiger partial charge in [0, 0.05) is 6.42 Å². The van der Waals surface area contributed by atoms with E-state index in [9.17, 15) is 18.4 Å². The monoisotopic (exact) mass is 363 g/mol. The summed E-state index contributed by atoms with van der Waals surface area (Å²) in [5, 5.41) is 2.57. The zero-order chi connectivity index (χ0) is 19.1. The number of methoxy groups -OCH3 is 2. The Hall–Kier alpha value is -2.96. The molecule has 2 aromatic carbocycles. The SMILES string of the molecule is COC(=O)[C@H](Cc1cccc(OC)c1)NC(=O)Cc1ccc(F)c(F)c1. The molecule has 138 valence electrons. The van der Waals surface area contributed by atoms with E-state index in [0.717, 1.165) is 17.7 Å². The third-order valence-corrected chi connectivity index (χ3v) is 3.74. The van der Waals surface area contributed by atoms with Crippen LogP contribution in [-0.4, -0.2) is 32.1 Å². The first-order chi connectivity index (χ1) is 12.4. The number of amides is 1. The first-order valence-corrected chi connectivity index (χ1v) is 7.87. The van der Waals surface area contributed by atoms with Crippen molar-refractivity contribution in [1.82, 2.24) is 5.32 Å². The molecule has 0 radical (unpaired) electrons. The number of hydrogen-bond acceptors (Lipinski definition) is 4. The Bertz CT molecular complexity index is 795. The number of carbonyl (C=O) groups is 2.